The smallest absolute Gasteiger partial charge is 0.309 e. The second-order valence-corrected chi connectivity index (χ2v) is 7.05. The minimum absolute atomic E-state index is 0.0182. The maximum Gasteiger partial charge on any atom is 0.309 e. The first-order valence-electron chi connectivity index (χ1n) is 9.88. The van der Waals surface area contributed by atoms with Crippen LogP contribution < -0.4 is 5.32 Å². The van der Waals surface area contributed by atoms with Crippen molar-refractivity contribution in [2.75, 3.05) is 39.9 Å². The summed E-state index contributed by atoms with van der Waals surface area (Å²) in [5.41, 5.74) is 1.19. The lowest BCUT2D eigenvalue weighted by atomic mass is 9.97. The zero-order valence-corrected chi connectivity index (χ0v) is 16.8. The zero-order chi connectivity index (χ0) is 19.5. The van der Waals surface area contributed by atoms with Crippen LogP contribution in [0.15, 0.2) is 35.3 Å². The Morgan fingerprint density at radius 1 is 1.30 bits per heavy atom. The van der Waals surface area contributed by atoms with Gasteiger partial charge in [0.25, 0.3) is 0 Å². The Morgan fingerprint density at radius 3 is 2.63 bits per heavy atom. The van der Waals surface area contributed by atoms with Crippen molar-refractivity contribution in [3.05, 3.63) is 35.9 Å². The topological polar surface area (TPSA) is 63.2 Å². The number of nitrogens with one attached hydrogen (secondary N) is 1. The van der Waals surface area contributed by atoms with E-state index in [2.05, 4.69) is 34.3 Å². The van der Waals surface area contributed by atoms with Gasteiger partial charge in [-0.3, -0.25) is 9.79 Å². The first-order valence-corrected chi connectivity index (χ1v) is 9.88. The first-order chi connectivity index (χ1) is 13.1. The number of carbonyl (C=O) groups excluding carboxylic acids is 1. The van der Waals surface area contributed by atoms with E-state index in [4.69, 9.17) is 9.47 Å². The summed E-state index contributed by atoms with van der Waals surface area (Å²) < 4.78 is 10.9. The molecule has 1 saturated heterocycles. The molecule has 0 bridgehead atoms. The molecule has 1 heterocycles. The summed E-state index contributed by atoms with van der Waals surface area (Å²) in [5, 5.41) is 3.44. The number of piperidine rings is 1. The lowest BCUT2D eigenvalue weighted by Crippen LogP contribution is -2.47. The van der Waals surface area contributed by atoms with Crippen LogP contribution >= 0.6 is 0 Å². The van der Waals surface area contributed by atoms with Crippen molar-refractivity contribution in [2.24, 2.45) is 16.8 Å². The average molecular weight is 376 g/mol. The summed E-state index contributed by atoms with van der Waals surface area (Å²) in [6.07, 6.45) is 1.63. The summed E-state index contributed by atoms with van der Waals surface area (Å²) in [4.78, 5) is 18.5. The highest BCUT2D eigenvalue weighted by Gasteiger charge is 2.27. The number of ether oxygens (including phenoxy) is 2. The van der Waals surface area contributed by atoms with Gasteiger partial charge in [-0.2, -0.15) is 0 Å². The fourth-order valence-electron chi connectivity index (χ4n) is 3.20. The summed E-state index contributed by atoms with van der Waals surface area (Å²) >= 11 is 0. The van der Waals surface area contributed by atoms with Gasteiger partial charge in [0.2, 0.25) is 0 Å². The van der Waals surface area contributed by atoms with Crippen LogP contribution in [0.4, 0.5) is 0 Å². The van der Waals surface area contributed by atoms with Crippen molar-refractivity contribution in [1.29, 1.82) is 0 Å². The molecule has 1 aromatic rings. The minimum atomic E-state index is -0.0655. The molecule has 0 aliphatic carbocycles. The third-order valence-corrected chi connectivity index (χ3v) is 4.75. The van der Waals surface area contributed by atoms with E-state index in [1.807, 2.05) is 25.1 Å². The lowest BCUT2D eigenvalue weighted by Gasteiger charge is -2.33. The molecule has 0 amide bonds. The molecule has 1 aromatic carbocycles. The van der Waals surface area contributed by atoms with Crippen LogP contribution in [0.25, 0.3) is 0 Å². The normalized spacial score (nSPS) is 16.9. The number of likely N-dealkylation sites (tertiary alicyclic amines) is 1. The molecule has 0 spiro atoms. The van der Waals surface area contributed by atoms with E-state index in [1.54, 1.807) is 7.05 Å². The van der Waals surface area contributed by atoms with E-state index >= 15 is 0 Å². The molecule has 1 N–H and O–H groups in total. The molecule has 1 aliphatic rings. The number of nitrogens with zero attached hydrogens (tertiary/aromatic N) is 2. The molecule has 0 radical (unpaired) electrons. The summed E-state index contributed by atoms with van der Waals surface area (Å²) in [6, 6.07) is 10.2. The van der Waals surface area contributed by atoms with Crippen molar-refractivity contribution in [1.82, 2.24) is 10.2 Å². The van der Waals surface area contributed by atoms with Gasteiger partial charge in [0.15, 0.2) is 5.96 Å². The molecule has 6 nitrogen and oxygen atoms in total. The highest BCUT2D eigenvalue weighted by molar-refractivity contribution is 5.80. The quantitative estimate of drug-likeness (QED) is 0.430. The van der Waals surface area contributed by atoms with Crippen molar-refractivity contribution < 1.29 is 14.3 Å². The average Bonchev–Trinajstić information content (AvgIpc) is 2.70. The maximum atomic E-state index is 11.9. The number of esters is 1. The highest BCUT2D eigenvalue weighted by Crippen LogP contribution is 2.18. The van der Waals surface area contributed by atoms with Gasteiger partial charge in [0.05, 0.1) is 25.7 Å². The van der Waals surface area contributed by atoms with E-state index in [-0.39, 0.29) is 11.9 Å². The van der Waals surface area contributed by atoms with Gasteiger partial charge in [-0.25, -0.2) is 0 Å². The molecular weight excluding hydrogens is 342 g/mol. The molecule has 1 unspecified atom stereocenters. The number of aliphatic imine (C=N–C) groups is 1. The Bertz CT molecular complexity index is 584. The van der Waals surface area contributed by atoms with Crippen molar-refractivity contribution in [3.8, 4) is 0 Å². The largest absolute Gasteiger partial charge is 0.466 e. The maximum absolute atomic E-state index is 11.9. The van der Waals surface area contributed by atoms with Gasteiger partial charge in [-0.1, -0.05) is 37.3 Å². The number of hydrogen-bond donors (Lipinski definition) is 1. The Labute approximate surface area is 162 Å². The fraction of sp³-hybridized carbons (Fsp3) is 0.619. The number of rotatable bonds is 8. The minimum Gasteiger partial charge on any atom is -0.466 e. The third kappa shape index (κ3) is 7.21. The number of carbonyl (C=O) groups is 1. The molecule has 1 aliphatic heterocycles. The van der Waals surface area contributed by atoms with Crippen LogP contribution in [-0.4, -0.2) is 56.7 Å². The molecule has 1 fully saturated rings. The number of benzene rings is 1. The molecule has 2 rings (SSSR count). The SMILES string of the molecule is CCOC(=O)C1CCN(C(=NC)NCC(C)COCc2ccccc2)CC1. The molecular formula is C21H33N3O3. The third-order valence-electron chi connectivity index (χ3n) is 4.75. The van der Waals surface area contributed by atoms with Crippen molar-refractivity contribution in [2.45, 2.75) is 33.3 Å². The molecule has 27 heavy (non-hydrogen) atoms. The van der Waals surface area contributed by atoms with Crippen LogP contribution in [0, 0.1) is 11.8 Å². The molecule has 1 atom stereocenters. The zero-order valence-electron chi connectivity index (χ0n) is 16.8. The van der Waals surface area contributed by atoms with E-state index in [1.165, 1.54) is 5.56 Å². The standard InChI is InChI=1S/C21H33N3O3/c1-4-27-20(25)19-10-12-24(13-11-19)21(22-3)23-14-17(2)15-26-16-18-8-6-5-7-9-18/h5-9,17,19H,4,10-16H2,1-3H3,(H,22,23). The highest BCUT2D eigenvalue weighted by atomic mass is 16.5. The molecule has 6 heteroatoms. The van der Waals surface area contributed by atoms with Gasteiger partial charge < -0.3 is 19.7 Å². The monoisotopic (exact) mass is 375 g/mol. The van der Waals surface area contributed by atoms with Gasteiger partial charge >= 0.3 is 5.97 Å². The Morgan fingerprint density at radius 2 is 2.00 bits per heavy atom. The Hall–Kier alpha value is -2.08. The van der Waals surface area contributed by atoms with Crippen molar-refractivity contribution >= 4 is 11.9 Å². The Kier molecular flexibility index (Phi) is 9.11. The van der Waals surface area contributed by atoms with Gasteiger partial charge in [0.1, 0.15) is 0 Å². The molecule has 0 saturated carbocycles. The second kappa shape index (κ2) is 11.6. The molecule has 0 aromatic heterocycles. The predicted octanol–water partition coefficient (Wildman–Crippen LogP) is 2.69. The summed E-state index contributed by atoms with van der Waals surface area (Å²) in [7, 11) is 1.80. The summed E-state index contributed by atoms with van der Waals surface area (Å²) in [5.74, 6) is 1.23. The number of hydrogen-bond acceptors (Lipinski definition) is 4. The van der Waals surface area contributed by atoms with E-state index in [0.29, 0.717) is 25.7 Å². The van der Waals surface area contributed by atoms with Crippen LogP contribution in [0.1, 0.15) is 32.3 Å². The van der Waals surface area contributed by atoms with Crippen LogP contribution in [0.3, 0.4) is 0 Å². The van der Waals surface area contributed by atoms with E-state index in [0.717, 1.165) is 38.4 Å². The van der Waals surface area contributed by atoms with E-state index < -0.39 is 0 Å². The van der Waals surface area contributed by atoms with Gasteiger partial charge in [-0.15, -0.1) is 0 Å². The second-order valence-electron chi connectivity index (χ2n) is 7.05. The van der Waals surface area contributed by atoms with E-state index in [9.17, 15) is 4.79 Å². The Balaban J connectivity index is 1.67. The van der Waals surface area contributed by atoms with Crippen LogP contribution in [0.2, 0.25) is 0 Å². The predicted molar refractivity (Wildman–Crippen MR) is 108 cm³/mol. The van der Waals surface area contributed by atoms with Crippen molar-refractivity contribution in [3.63, 3.8) is 0 Å². The summed E-state index contributed by atoms with van der Waals surface area (Å²) in [6.45, 7) is 8.25. The van der Waals surface area contributed by atoms with Crippen LogP contribution in [-0.2, 0) is 20.9 Å². The van der Waals surface area contributed by atoms with Crippen LogP contribution in [0.5, 0.6) is 0 Å². The fourth-order valence-corrected chi connectivity index (χ4v) is 3.20. The lowest BCUT2D eigenvalue weighted by molar-refractivity contribution is -0.149. The molecule has 150 valence electrons. The first kappa shape index (κ1) is 21.2. The van der Waals surface area contributed by atoms with Gasteiger partial charge in [0, 0.05) is 26.7 Å². The number of guanidine groups is 1. The van der Waals surface area contributed by atoms with Gasteiger partial charge in [-0.05, 0) is 31.2 Å².